The number of halogens is 1. The largest absolute Gasteiger partial charge is 0.382 e. The summed E-state index contributed by atoms with van der Waals surface area (Å²) in [6, 6.07) is -0.480. The fourth-order valence-corrected chi connectivity index (χ4v) is 6.32. The minimum Gasteiger partial charge on any atom is -0.382 e. The van der Waals surface area contributed by atoms with Crippen LogP contribution in [0.1, 0.15) is 73.1 Å². The highest BCUT2D eigenvalue weighted by atomic mass is 35.5. The van der Waals surface area contributed by atoms with Crippen LogP contribution in [0.4, 0.5) is 0 Å². The van der Waals surface area contributed by atoms with Gasteiger partial charge in [0, 0.05) is 19.3 Å². The first kappa shape index (κ1) is 20.9. The van der Waals surface area contributed by atoms with E-state index in [0.717, 1.165) is 32.1 Å². The van der Waals surface area contributed by atoms with Crippen LogP contribution >= 0.6 is 11.6 Å². The van der Waals surface area contributed by atoms with Gasteiger partial charge in [0.25, 0.3) is 6.04 Å². The quantitative estimate of drug-likeness (QED) is 0.524. The van der Waals surface area contributed by atoms with Crippen molar-refractivity contribution in [2.75, 3.05) is 0 Å². The summed E-state index contributed by atoms with van der Waals surface area (Å²) >= 11 is 6.56. The zero-order valence-electron chi connectivity index (χ0n) is 17.3. The normalized spacial score (nSPS) is 50.5. The standard InChI is InChI=1S/C22H33ClN2O2/c1-19(2,23)16-10-13-22(5,27-16)15-8-11-20(3,25-7)14-9-12-21(4,26)18(24-6)17(14)15/h14-18,26H,8-13H2,1-5H3/t14-,15?,16-,17?,18+,20-,21+,22+/m0/s1. The van der Waals surface area contributed by atoms with Crippen LogP contribution in [0, 0.1) is 30.9 Å². The molecule has 150 valence electrons. The third-order valence-corrected chi connectivity index (χ3v) is 8.16. The molecule has 0 bridgehead atoms. The predicted molar refractivity (Wildman–Crippen MR) is 107 cm³/mol. The molecule has 27 heavy (non-hydrogen) atoms. The molecule has 0 aromatic heterocycles. The molecular weight excluding hydrogens is 360 g/mol. The number of ether oxygens (including phenoxy) is 1. The number of fused-ring (bicyclic) bond motifs is 1. The van der Waals surface area contributed by atoms with Gasteiger partial charge in [-0.1, -0.05) is 0 Å². The third kappa shape index (κ3) is 3.39. The van der Waals surface area contributed by atoms with Crippen molar-refractivity contribution in [3.8, 4) is 0 Å². The van der Waals surface area contributed by atoms with Gasteiger partial charge in [-0.3, -0.25) is 0 Å². The Morgan fingerprint density at radius 3 is 2.19 bits per heavy atom. The molecule has 0 amide bonds. The first-order chi connectivity index (χ1) is 12.4. The smallest absolute Gasteiger partial charge is 0.255 e. The van der Waals surface area contributed by atoms with Crippen LogP contribution in [0.25, 0.3) is 9.69 Å². The molecule has 1 aliphatic heterocycles. The monoisotopic (exact) mass is 392 g/mol. The van der Waals surface area contributed by atoms with Crippen LogP contribution in [0.5, 0.6) is 0 Å². The van der Waals surface area contributed by atoms with Gasteiger partial charge in [-0.15, -0.1) is 11.6 Å². The van der Waals surface area contributed by atoms with Crippen LogP contribution in [-0.2, 0) is 4.74 Å². The van der Waals surface area contributed by atoms with Crippen molar-refractivity contribution in [2.24, 2.45) is 17.8 Å². The molecule has 3 fully saturated rings. The number of alkyl halides is 1. The molecule has 3 aliphatic rings. The summed E-state index contributed by atoms with van der Waals surface area (Å²) in [6.07, 6.45) is 4.93. The molecule has 0 radical (unpaired) electrons. The second-order valence-electron chi connectivity index (χ2n) is 10.3. The highest BCUT2D eigenvalue weighted by Crippen LogP contribution is 2.58. The Morgan fingerprint density at radius 2 is 1.67 bits per heavy atom. The van der Waals surface area contributed by atoms with Crippen molar-refractivity contribution in [1.29, 1.82) is 0 Å². The van der Waals surface area contributed by atoms with E-state index < -0.39 is 22.1 Å². The fourth-order valence-electron chi connectivity index (χ4n) is 6.17. The molecule has 8 atom stereocenters. The molecule has 5 heteroatoms. The van der Waals surface area contributed by atoms with E-state index in [1.165, 1.54) is 0 Å². The lowest BCUT2D eigenvalue weighted by Crippen LogP contribution is -2.61. The molecule has 4 nitrogen and oxygen atoms in total. The predicted octanol–water partition coefficient (Wildman–Crippen LogP) is 5.09. The zero-order valence-corrected chi connectivity index (χ0v) is 18.0. The van der Waals surface area contributed by atoms with Gasteiger partial charge in [0.2, 0.25) is 5.54 Å². The Hall–Kier alpha value is -0.810. The Bertz CT molecular complexity index is 673. The van der Waals surface area contributed by atoms with E-state index in [1.54, 1.807) is 6.92 Å². The van der Waals surface area contributed by atoms with Crippen LogP contribution in [0.2, 0.25) is 0 Å². The summed E-state index contributed by atoms with van der Waals surface area (Å²) < 4.78 is 6.57. The fraction of sp³-hybridized carbons (Fsp3) is 0.909. The molecule has 2 unspecified atom stereocenters. The van der Waals surface area contributed by atoms with Crippen molar-refractivity contribution >= 4 is 11.6 Å². The van der Waals surface area contributed by atoms with Gasteiger partial charge < -0.3 is 19.5 Å². The highest BCUT2D eigenvalue weighted by molar-refractivity contribution is 6.23. The van der Waals surface area contributed by atoms with E-state index in [-0.39, 0.29) is 29.5 Å². The number of hydrogen-bond acceptors (Lipinski definition) is 2. The van der Waals surface area contributed by atoms with Crippen LogP contribution < -0.4 is 0 Å². The van der Waals surface area contributed by atoms with Gasteiger partial charge in [-0.2, -0.15) is 0 Å². The van der Waals surface area contributed by atoms with Gasteiger partial charge in [0.1, 0.15) is 5.60 Å². The van der Waals surface area contributed by atoms with Crippen molar-refractivity contribution in [3.05, 3.63) is 22.8 Å². The third-order valence-electron chi connectivity index (χ3n) is 7.91. The van der Waals surface area contributed by atoms with Gasteiger partial charge in [0.05, 0.1) is 22.5 Å². The van der Waals surface area contributed by atoms with Gasteiger partial charge in [-0.25, -0.2) is 13.1 Å². The second kappa shape index (κ2) is 6.62. The SMILES string of the molecule is [C-]#[N+][C@@H]1C2C([C@@]3(C)CC[C@@H](C(C)(C)Cl)O3)CC[C@](C)([N+]#[C-])[C@H]2CC[C@@]1(C)O. The van der Waals surface area contributed by atoms with E-state index in [1.807, 2.05) is 13.8 Å². The molecule has 1 saturated heterocycles. The van der Waals surface area contributed by atoms with Crippen LogP contribution in [0.3, 0.4) is 0 Å². The van der Waals surface area contributed by atoms with Crippen molar-refractivity contribution < 1.29 is 9.84 Å². The Morgan fingerprint density at radius 1 is 1.04 bits per heavy atom. The first-order valence-electron chi connectivity index (χ1n) is 10.2. The minimum absolute atomic E-state index is 0.00715. The summed E-state index contributed by atoms with van der Waals surface area (Å²) in [6.45, 7) is 25.7. The first-order valence-corrected chi connectivity index (χ1v) is 10.6. The maximum Gasteiger partial charge on any atom is 0.255 e. The molecule has 0 spiro atoms. The Balaban J connectivity index is 1.99. The highest BCUT2D eigenvalue weighted by Gasteiger charge is 2.66. The van der Waals surface area contributed by atoms with Crippen molar-refractivity contribution in [1.82, 2.24) is 0 Å². The molecule has 1 heterocycles. The maximum atomic E-state index is 11.0. The molecule has 2 aliphatic carbocycles. The lowest BCUT2D eigenvalue weighted by Gasteiger charge is -2.53. The average Bonchev–Trinajstić information content (AvgIpc) is 2.98. The van der Waals surface area contributed by atoms with Gasteiger partial charge in [0.15, 0.2) is 0 Å². The molecule has 2 saturated carbocycles. The lowest BCUT2D eigenvalue weighted by atomic mass is 9.51. The number of aliphatic hydroxyl groups is 1. The zero-order chi connectivity index (χ0) is 20.3. The van der Waals surface area contributed by atoms with E-state index in [4.69, 9.17) is 29.5 Å². The van der Waals surface area contributed by atoms with Gasteiger partial charge >= 0.3 is 0 Å². The molecule has 0 aromatic carbocycles. The van der Waals surface area contributed by atoms with Gasteiger partial charge in [-0.05, 0) is 65.7 Å². The van der Waals surface area contributed by atoms with E-state index in [0.29, 0.717) is 6.42 Å². The Labute approximate surface area is 169 Å². The summed E-state index contributed by atoms with van der Waals surface area (Å²) in [4.78, 5) is 7.52. The summed E-state index contributed by atoms with van der Waals surface area (Å²) in [5.74, 6) is 0.296. The summed E-state index contributed by atoms with van der Waals surface area (Å²) in [5, 5.41) is 11.0. The van der Waals surface area contributed by atoms with Crippen molar-refractivity contribution in [3.63, 3.8) is 0 Å². The van der Waals surface area contributed by atoms with Crippen LogP contribution in [0.15, 0.2) is 0 Å². The lowest BCUT2D eigenvalue weighted by molar-refractivity contribution is -0.145. The molecule has 1 N–H and O–H groups in total. The average molecular weight is 393 g/mol. The van der Waals surface area contributed by atoms with Crippen LogP contribution in [-0.4, -0.2) is 38.9 Å². The maximum absolute atomic E-state index is 11.0. The van der Waals surface area contributed by atoms with E-state index in [2.05, 4.69) is 23.5 Å². The Kier molecular flexibility index (Phi) is 5.13. The van der Waals surface area contributed by atoms with E-state index >= 15 is 0 Å². The number of hydrogen-bond donors (Lipinski definition) is 1. The van der Waals surface area contributed by atoms with Crippen molar-refractivity contribution in [2.45, 2.75) is 107 Å². The van der Waals surface area contributed by atoms with E-state index in [9.17, 15) is 5.11 Å². The summed E-state index contributed by atoms with van der Waals surface area (Å²) in [7, 11) is 0. The molecule has 3 rings (SSSR count). The molecule has 0 aromatic rings. The topological polar surface area (TPSA) is 38.2 Å². The minimum atomic E-state index is -0.998. The molecular formula is C22H33ClN2O2. The summed E-state index contributed by atoms with van der Waals surface area (Å²) in [5.41, 5.74) is -1.79. The second-order valence-corrected chi connectivity index (χ2v) is 11.3. The number of rotatable bonds is 2. The number of nitrogens with zero attached hydrogens (tertiary/aromatic N) is 2.